The van der Waals surface area contributed by atoms with Crippen LogP contribution in [0, 0.1) is 5.92 Å². The Labute approximate surface area is 237 Å². The number of hydrogen-bond acceptors (Lipinski definition) is 7. The van der Waals surface area contributed by atoms with Gasteiger partial charge < -0.3 is 14.7 Å². The summed E-state index contributed by atoms with van der Waals surface area (Å²) in [4.78, 5) is 52.3. The van der Waals surface area contributed by atoms with E-state index in [1.165, 1.54) is 4.57 Å². The van der Waals surface area contributed by atoms with E-state index in [-0.39, 0.29) is 17.6 Å². The number of Topliss-reactive ketones (excluding diaryl/α,β-unsaturated/α-hetero) is 1. The molecule has 1 aromatic carbocycles. The summed E-state index contributed by atoms with van der Waals surface area (Å²) in [6.45, 7) is 3.49. The molecule has 1 saturated carbocycles. The van der Waals surface area contributed by atoms with Gasteiger partial charge in [-0.05, 0) is 69.0 Å². The molecular weight excluding hydrogens is 523 g/mol. The molecule has 3 aliphatic rings. The van der Waals surface area contributed by atoms with Crippen LogP contribution in [0.15, 0.2) is 59.9 Å². The predicted octanol–water partition coefficient (Wildman–Crippen LogP) is 4.30. The maximum Gasteiger partial charge on any atom is 0.255 e. The van der Waals surface area contributed by atoms with E-state index in [1.807, 2.05) is 47.4 Å². The molecule has 10 heteroatoms. The molecule has 9 nitrogen and oxygen atoms in total. The lowest BCUT2D eigenvalue weighted by molar-refractivity contribution is 0.0503. The van der Waals surface area contributed by atoms with E-state index in [4.69, 9.17) is 4.98 Å². The zero-order valence-corrected chi connectivity index (χ0v) is 23.3. The van der Waals surface area contributed by atoms with Crippen molar-refractivity contribution in [2.75, 3.05) is 43.0 Å². The van der Waals surface area contributed by atoms with Crippen LogP contribution in [-0.4, -0.2) is 71.4 Å². The van der Waals surface area contributed by atoms with Crippen LogP contribution in [0.5, 0.6) is 0 Å². The number of piperidine rings is 1. The number of fused-ring (bicyclic) bond motifs is 1. The Balaban J connectivity index is 1.37. The third kappa shape index (κ3) is 5.26. The molecule has 1 saturated heterocycles. The van der Waals surface area contributed by atoms with Crippen LogP contribution in [0.25, 0.3) is 0 Å². The van der Waals surface area contributed by atoms with Crippen molar-refractivity contribution in [3.63, 3.8) is 0 Å². The van der Waals surface area contributed by atoms with Gasteiger partial charge in [-0.15, -0.1) is 0 Å². The molecule has 0 atom stereocenters. The molecule has 0 bridgehead atoms. The maximum atomic E-state index is 14.4. The highest BCUT2D eigenvalue weighted by Gasteiger charge is 2.34. The highest BCUT2D eigenvalue weighted by atomic mass is 19.1. The number of aromatic nitrogens is 2. The van der Waals surface area contributed by atoms with Gasteiger partial charge in [0.25, 0.3) is 5.91 Å². The highest BCUT2D eigenvalue weighted by molar-refractivity contribution is 6.00. The van der Waals surface area contributed by atoms with Crippen LogP contribution in [0.2, 0.25) is 0 Å². The topological polar surface area (TPSA) is 91.1 Å². The molecule has 1 amide bonds. The van der Waals surface area contributed by atoms with E-state index in [9.17, 15) is 18.8 Å². The van der Waals surface area contributed by atoms with E-state index in [0.29, 0.717) is 67.9 Å². The fourth-order valence-corrected chi connectivity index (χ4v) is 5.59. The van der Waals surface area contributed by atoms with Gasteiger partial charge >= 0.3 is 0 Å². The summed E-state index contributed by atoms with van der Waals surface area (Å²) < 4.78 is 15.8. The maximum absolute atomic E-state index is 14.4. The number of anilines is 4. The molecule has 0 N–H and O–H groups in total. The Bertz CT molecular complexity index is 1570. The standard InChI is InChI=1S/C31H33FN6O3/c1-31(32)10-13-35(14-11-31)30(41)23-17-26-29(34-19-23)38(25-9-12-36(20-39)27(18-25)33-2)16-15-37(26)24-7-5-22(6-8-24)28(40)21-3-4-21/h5-9,12,17-21H,3-4,10-11,13-16H2,1-2H3. The second-order valence-corrected chi connectivity index (χ2v) is 11.2. The van der Waals surface area contributed by atoms with Crippen LogP contribution < -0.4 is 15.3 Å². The van der Waals surface area contributed by atoms with Gasteiger partial charge in [-0.3, -0.25) is 23.9 Å². The van der Waals surface area contributed by atoms with Crippen molar-refractivity contribution >= 4 is 41.0 Å². The number of amides is 1. The van der Waals surface area contributed by atoms with Crippen molar-refractivity contribution in [3.8, 4) is 0 Å². The van der Waals surface area contributed by atoms with Crippen LogP contribution >= 0.6 is 0 Å². The molecule has 41 heavy (non-hydrogen) atoms. The summed E-state index contributed by atoms with van der Waals surface area (Å²) in [5.74, 6) is 0.830. The summed E-state index contributed by atoms with van der Waals surface area (Å²) in [6, 6.07) is 13.1. The number of carbonyl (C=O) groups is 3. The van der Waals surface area contributed by atoms with Gasteiger partial charge in [0.05, 0.1) is 11.3 Å². The van der Waals surface area contributed by atoms with Gasteiger partial charge in [0, 0.05) is 74.5 Å². The number of benzene rings is 1. The lowest BCUT2D eigenvalue weighted by Crippen LogP contribution is -2.43. The second-order valence-electron chi connectivity index (χ2n) is 11.2. The third-order valence-corrected chi connectivity index (χ3v) is 8.29. The Morgan fingerprint density at radius 2 is 1.68 bits per heavy atom. The molecular formula is C31H33FN6O3. The predicted molar refractivity (Wildman–Crippen MR) is 154 cm³/mol. The Morgan fingerprint density at radius 1 is 0.976 bits per heavy atom. The quantitative estimate of drug-likeness (QED) is 0.332. The molecule has 212 valence electrons. The number of nitrogens with zero attached hydrogens (tertiary/aromatic N) is 6. The first kappa shape index (κ1) is 26.9. The van der Waals surface area contributed by atoms with Crippen LogP contribution in [0.1, 0.15) is 53.3 Å². The minimum Gasteiger partial charge on any atom is -0.338 e. The fourth-order valence-electron chi connectivity index (χ4n) is 5.59. The highest BCUT2D eigenvalue weighted by Crippen LogP contribution is 2.41. The van der Waals surface area contributed by atoms with E-state index in [0.717, 1.165) is 29.9 Å². The van der Waals surface area contributed by atoms with Crippen molar-refractivity contribution in [1.82, 2.24) is 14.5 Å². The first-order chi connectivity index (χ1) is 19.8. The van der Waals surface area contributed by atoms with Gasteiger partial charge in [-0.2, -0.15) is 0 Å². The van der Waals surface area contributed by atoms with E-state index < -0.39 is 5.67 Å². The van der Waals surface area contributed by atoms with Crippen molar-refractivity contribution in [2.45, 2.75) is 38.3 Å². The molecule has 1 aliphatic carbocycles. The van der Waals surface area contributed by atoms with Gasteiger partial charge in [0.15, 0.2) is 11.6 Å². The lowest BCUT2D eigenvalue weighted by atomic mass is 9.95. The first-order valence-corrected chi connectivity index (χ1v) is 14.1. The number of carbonyl (C=O) groups excluding carboxylic acids is 3. The fraction of sp³-hybridized carbons (Fsp3) is 0.387. The van der Waals surface area contributed by atoms with E-state index >= 15 is 0 Å². The van der Waals surface area contributed by atoms with Crippen molar-refractivity contribution in [1.29, 1.82) is 0 Å². The van der Waals surface area contributed by atoms with Crippen molar-refractivity contribution in [3.05, 3.63) is 71.5 Å². The van der Waals surface area contributed by atoms with Crippen LogP contribution in [0.4, 0.5) is 27.3 Å². The molecule has 2 fully saturated rings. The largest absolute Gasteiger partial charge is 0.338 e. The minimum absolute atomic E-state index is 0.149. The van der Waals surface area contributed by atoms with Crippen molar-refractivity contribution < 1.29 is 18.8 Å². The number of rotatable bonds is 6. The number of halogens is 1. The lowest BCUT2D eigenvalue weighted by Gasteiger charge is -2.38. The molecule has 4 heterocycles. The van der Waals surface area contributed by atoms with Gasteiger partial charge in [-0.1, -0.05) is 0 Å². The zero-order chi connectivity index (χ0) is 28.7. The monoisotopic (exact) mass is 556 g/mol. The molecule has 2 aliphatic heterocycles. The second kappa shape index (κ2) is 10.6. The van der Waals surface area contributed by atoms with Gasteiger partial charge in [0.2, 0.25) is 6.41 Å². The third-order valence-electron chi connectivity index (χ3n) is 8.29. The molecule has 2 aromatic heterocycles. The van der Waals surface area contributed by atoms with Gasteiger partial charge in [0.1, 0.15) is 11.2 Å². The number of hydrogen-bond donors (Lipinski definition) is 0. The Hall–Kier alpha value is -4.34. The SMILES string of the molecule is CN=c1cc(N2CCN(c3ccc(C(=O)C4CC4)cc3)c3cc(C(=O)N4CCC(C)(F)CC4)cnc32)ccn1C=O. The van der Waals surface area contributed by atoms with Crippen molar-refractivity contribution in [2.24, 2.45) is 10.9 Å². The number of alkyl halides is 1. The molecule has 0 spiro atoms. The summed E-state index contributed by atoms with van der Waals surface area (Å²) in [6.07, 6.45) is 6.48. The molecule has 0 unspecified atom stereocenters. The normalized spacial score (nSPS) is 18.7. The summed E-state index contributed by atoms with van der Waals surface area (Å²) in [7, 11) is 1.63. The van der Waals surface area contributed by atoms with Gasteiger partial charge in [-0.25, -0.2) is 9.37 Å². The minimum atomic E-state index is -1.25. The smallest absolute Gasteiger partial charge is 0.255 e. The van der Waals surface area contributed by atoms with Crippen LogP contribution in [-0.2, 0) is 4.79 Å². The molecule has 0 radical (unpaired) electrons. The first-order valence-electron chi connectivity index (χ1n) is 14.1. The average Bonchev–Trinajstić information content (AvgIpc) is 3.85. The Kier molecular flexibility index (Phi) is 6.93. The summed E-state index contributed by atoms with van der Waals surface area (Å²) in [5.41, 5.74) is 2.87. The molecule has 3 aromatic rings. The average molecular weight is 557 g/mol. The van der Waals surface area contributed by atoms with E-state index in [2.05, 4.69) is 9.89 Å². The Morgan fingerprint density at radius 3 is 2.34 bits per heavy atom. The number of ketones is 1. The molecule has 6 rings (SSSR count). The summed E-state index contributed by atoms with van der Waals surface area (Å²) >= 11 is 0. The number of pyridine rings is 2. The summed E-state index contributed by atoms with van der Waals surface area (Å²) in [5, 5.41) is 0. The van der Waals surface area contributed by atoms with Crippen LogP contribution in [0.3, 0.4) is 0 Å². The zero-order valence-electron chi connectivity index (χ0n) is 23.3. The number of likely N-dealkylation sites (tertiary alicyclic amines) is 1. The van der Waals surface area contributed by atoms with E-state index in [1.54, 1.807) is 31.3 Å².